The van der Waals surface area contributed by atoms with E-state index in [1.165, 1.54) is 69.8 Å². The Morgan fingerprint density at radius 2 is 1.56 bits per heavy atom. The fourth-order valence-corrected chi connectivity index (χ4v) is 3.67. The molecule has 0 amide bonds. The first kappa shape index (κ1) is 20.1. The fourth-order valence-electron chi connectivity index (χ4n) is 3.14. The molecule has 0 spiro atoms. The molecule has 0 aliphatic heterocycles. The fraction of sp³-hybridized carbons (Fsp3) is 0.545. The molecule has 25 heavy (non-hydrogen) atoms. The van der Waals surface area contributed by atoms with Crippen LogP contribution in [0.4, 0.5) is 0 Å². The number of aromatic nitrogens is 2. The number of hydrogen-bond donors (Lipinski definition) is 0. The highest BCUT2D eigenvalue weighted by molar-refractivity contribution is 9.09. The molecule has 2 aromatic heterocycles. The average Bonchev–Trinajstić information content (AvgIpc) is 2.66. The Bertz CT molecular complexity index is 544. The summed E-state index contributed by atoms with van der Waals surface area (Å²) in [6.45, 7) is 1.10. The summed E-state index contributed by atoms with van der Waals surface area (Å²) in [6.07, 6.45) is 21.4. The lowest BCUT2D eigenvalue weighted by Crippen LogP contribution is -2.33. The molecule has 3 heteroatoms. The van der Waals surface area contributed by atoms with Crippen molar-refractivity contribution in [1.29, 1.82) is 0 Å². The second kappa shape index (κ2) is 13.0. The molecule has 0 saturated carbocycles. The van der Waals surface area contributed by atoms with Gasteiger partial charge in [-0.25, -0.2) is 4.57 Å². The third kappa shape index (κ3) is 9.74. The summed E-state index contributed by atoms with van der Waals surface area (Å²) in [4.78, 5) is 4.83. The largest absolute Gasteiger partial charge is 0.264 e. The van der Waals surface area contributed by atoms with Crippen LogP contribution in [0.1, 0.15) is 63.4 Å². The lowest BCUT2D eigenvalue weighted by atomic mass is 10.0. The van der Waals surface area contributed by atoms with Gasteiger partial charge in [-0.2, -0.15) is 0 Å². The SMILES string of the molecule is BrC(CCCCCCCCCc1cccnc1)CC[n+]1ccccc1. The Morgan fingerprint density at radius 1 is 0.840 bits per heavy atom. The maximum atomic E-state index is 4.17. The number of halogens is 1. The van der Waals surface area contributed by atoms with E-state index < -0.39 is 0 Å². The van der Waals surface area contributed by atoms with Crippen LogP contribution < -0.4 is 4.57 Å². The summed E-state index contributed by atoms with van der Waals surface area (Å²) >= 11 is 3.84. The average molecular weight is 404 g/mol. The third-order valence-corrected chi connectivity index (χ3v) is 5.60. The van der Waals surface area contributed by atoms with E-state index in [-0.39, 0.29) is 0 Å². The molecule has 0 bridgehead atoms. The molecule has 0 aliphatic carbocycles. The van der Waals surface area contributed by atoms with Gasteiger partial charge < -0.3 is 0 Å². The van der Waals surface area contributed by atoms with Gasteiger partial charge in [0.25, 0.3) is 0 Å². The number of hydrogen-bond acceptors (Lipinski definition) is 1. The zero-order valence-corrected chi connectivity index (χ0v) is 16.9. The number of nitrogens with zero attached hydrogens (tertiary/aromatic N) is 2. The van der Waals surface area contributed by atoms with Crippen molar-refractivity contribution in [3.8, 4) is 0 Å². The summed E-state index contributed by atoms with van der Waals surface area (Å²) in [5.74, 6) is 0. The van der Waals surface area contributed by atoms with Crippen molar-refractivity contribution in [1.82, 2.24) is 4.98 Å². The topological polar surface area (TPSA) is 16.8 Å². The first-order valence-electron chi connectivity index (χ1n) is 9.81. The van der Waals surface area contributed by atoms with Crippen LogP contribution in [-0.2, 0) is 13.0 Å². The minimum atomic E-state index is 0.652. The molecule has 136 valence electrons. The maximum Gasteiger partial charge on any atom is 0.168 e. The van der Waals surface area contributed by atoms with Crippen molar-refractivity contribution < 1.29 is 4.57 Å². The van der Waals surface area contributed by atoms with Crippen LogP contribution in [0.15, 0.2) is 55.1 Å². The third-order valence-electron chi connectivity index (χ3n) is 4.68. The van der Waals surface area contributed by atoms with Crippen molar-refractivity contribution in [2.45, 2.75) is 75.6 Å². The van der Waals surface area contributed by atoms with Crippen molar-refractivity contribution in [3.05, 3.63) is 60.7 Å². The molecular weight excluding hydrogens is 372 g/mol. The van der Waals surface area contributed by atoms with Crippen LogP contribution in [-0.4, -0.2) is 9.81 Å². The lowest BCUT2D eigenvalue weighted by Gasteiger charge is -2.07. The Hall–Kier alpha value is -1.22. The predicted octanol–water partition coefficient (Wildman–Crippen LogP) is 5.89. The smallest absolute Gasteiger partial charge is 0.168 e. The van der Waals surface area contributed by atoms with Gasteiger partial charge in [-0.05, 0) is 30.9 Å². The monoisotopic (exact) mass is 403 g/mol. The van der Waals surface area contributed by atoms with E-state index >= 15 is 0 Å². The number of pyridine rings is 2. The Labute approximate surface area is 161 Å². The Kier molecular flexibility index (Phi) is 10.5. The standard InChI is InChI=1S/C22H32BrN2/c23-22(15-19-25-17-9-6-10-18-25)14-8-5-3-1-2-4-7-12-21-13-11-16-24-20-21/h6,9-11,13,16-18,20,22H,1-5,7-8,12,14-15,19H2/q+1. The van der Waals surface area contributed by atoms with Crippen molar-refractivity contribution in [2.75, 3.05) is 0 Å². The van der Waals surface area contributed by atoms with Gasteiger partial charge in [0, 0.05) is 35.8 Å². The molecule has 0 aliphatic rings. The normalized spacial score (nSPS) is 12.2. The van der Waals surface area contributed by atoms with Gasteiger partial charge in [0.05, 0.1) is 0 Å². The number of rotatable bonds is 13. The summed E-state index contributed by atoms with van der Waals surface area (Å²) in [7, 11) is 0. The van der Waals surface area contributed by atoms with E-state index in [9.17, 15) is 0 Å². The van der Waals surface area contributed by atoms with E-state index in [1.807, 2.05) is 18.5 Å². The van der Waals surface area contributed by atoms with Crippen molar-refractivity contribution in [3.63, 3.8) is 0 Å². The van der Waals surface area contributed by atoms with Crippen molar-refractivity contribution in [2.24, 2.45) is 0 Å². The highest BCUT2D eigenvalue weighted by Crippen LogP contribution is 2.16. The molecule has 2 heterocycles. The lowest BCUT2D eigenvalue weighted by molar-refractivity contribution is -0.697. The van der Waals surface area contributed by atoms with Crippen molar-refractivity contribution >= 4 is 15.9 Å². The van der Waals surface area contributed by atoms with Gasteiger partial charge in [-0.3, -0.25) is 4.98 Å². The molecule has 2 nitrogen and oxygen atoms in total. The van der Waals surface area contributed by atoms with E-state index in [1.54, 1.807) is 0 Å². The van der Waals surface area contributed by atoms with E-state index in [4.69, 9.17) is 0 Å². The molecule has 0 N–H and O–H groups in total. The van der Waals surface area contributed by atoms with E-state index in [0.717, 1.165) is 6.54 Å². The second-order valence-corrected chi connectivity index (χ2v) is 8.17. The predicted molar refractivity (Wildman–Crippen MR) is 109 cm³/mol. The maximum absolute atomic E-state index is 4.17. The molecule has 1 atom stereocenters. The number of alkyl halides is 1. The summed E-state index contributed by atoms with van der Waals surface area (Å²) in [6, 6.07) is 10.5. The van der Waals surface area contributed by atoms with Gasteiger partial charge in [0.15, 0.2) is 12.4 Å². The molecule has 0 radical (unpaired) electrons. The minimum Gasteiger partial charge on any atom is -0.264 e. The van der Waals surface area contributed by atoms with Gasteiger partial charge in [-0.1, -0.05) is 66.6 Å². The Morgan fingerprint density at radius 3 is 2.28 bits per heavy atom. The van der Waals surface area contributed by atoms with Crippen LogP contribution in [0.3, 0.4) is 0 Å². The number of unbranched alkanes of at least 4 members (excludes halogenated alkanes) is 6. The Balaban J connectivity index is 1.38. The molecule has 2 rings (SSSR count). The van der Waals surface area contributed by atoms with Gasteiger partial charge in [0.1, 0.15) is 6.54 Å². The van der Waals surface area contributed by atoms with Gasteiger partial charge in [0.2, 0.25) is 0 Å². The van der Waals surface area contributed by atoms with Crippen LogP contribution >= 0.6 is 15.9 Å². The van der Waals surface area contributed by atoms with Gasteiger partial charge in [-0.15, -0.1) is 0 Å². The van der Waals surface area contributed by atoms with E-state index in [2.05, 4.69) is 62.1 Å². The van der Waals surface area contributed by atoms with E-state index in [0.29, 0.717) is 4.83 Å². The number of aryl methyl sites for hydroxylation is 2. The summed E-state index contributed by atoms with van der Waals surface area (Å²) in [5.41, 5.74) is 1.37. The van der Waals surface area contributed by atoms with Crippen LogP contribution in [0.25, 0.3) is 0 Å². The summed E-state index contributed by atoms with van der Waals surface area (Å²) in [5, 5.41) is 0. The zero-order valence-electron chi connectivity index (χ0n) is 15.3. The first-order chi connectivity index (χ1) is 12.3. The minimum absolute atomic E-state index is 0.652. The molecule has 0 aromatic carbocycles. The molecular formula is C22H32BrN2+. The highest BCUT2D eigenvalue weighted by atomic mass is 79.9. The zero-order chi connectivity index (χ0) is 17.6. The summed E-state index contributed by atoms with van der Waals surface area (Å²) < 4.78 is 2.26. The van der Waals surface area contributed by atoms with Crippen LogP contribution in [0.5, 0.6) is 0 Å². The molecule has 2 aromatic rings. The quantitative estimate of drug-likeness (QED) is 0.231. The van der Waals surface area contributed by atoms with Crippen LogP contribution in [0, 0.1) is 0 Å². The first-order valence-corrected chi connectivity index (χ1v) is 10.7. The molecule has 1 unspecified atom stereocenters. The molecule has 0 saturated heterocycles. The van der Waals surface area contributed by atoms with Crippen LogP contribution in [0.2, 0.25) is 0 Å². The van der Waals surface area contributed by atoms with Gasteiger partial charge >= 0.3 is 0 Å². The molecule has 0 fully saturated rings. The highest BCUT2D eigenvalue weighted by Gasteiger charge is 2.07. The second-order valence-electron chi connectivity index (χ2n) is 6.87.